The fourth-order valence-electron chi connectivity index (χ4n) is 4.69. The SMILES string of the molecule is C=CO.CN(C)c1nn(Cc2ccc(F)cc2)c2c1CCN(C(=O)CC1CCCCC1)C2. The molecule has 2 heterocycles. The molecule has 0 atom stereocenters. The number of halogens is 1. The van der Waals surface area contributed by atoms with Crippen molar-refractivity contribution >= 4 is 11.7 Å². The van der Waals surface area contributed by atoms with Crippen LogP contribution in [0.25, 0.3) is 0 Å². The first-order valence-corrected chi connectivity index (χ1v) is 11.5. The summed E-state index contributed by atoms with van der Waals surface area (Å²) in [6.07, 6.45) is 8.49. The molecule has 1 aromatic heterocycles. The van der Waals surface area contributed by atoms with Gasteiger partial charge in [0.2, 0.25) is 5.91 Å². The molecule has 1 aliphatic carbocycles. The highest BCUT2D eigenvalue weighted by atomic mass is 19.1. The Hall–Kier alpha value is -2.83. The van der Waals surface area contributed by atoms with Crippen molar-refractivity contribution in [2.75, 3.05) is 25.5 Å². The van der Waals surface area contributed by atoms with Crippen LogP contribution in [0.1, 0.15) is 55.3 Å². The number of carbonyl (C=O) groups excluding carboxylic acids is 1. The fourth-order valence-corrected chi connectivity index (χ4v) is 4.69. The first-order valence-electron chi connectivity index (χ1n) is 11.5. The second-order valence-corrected chi connectivity index (χ2v) is 8.88. The smallest absolute Gasteiger partial charge is 0.223 e. The van der Waals surface area contributed by atoms with Gasteiger partial charge in [0.05, 0.1) is 25.0 Å². The summed E-state index contributed by atoms with van der Waals surface area (Å²) < 4.78 is 15.3. The molecule has 174 valence electrons. The van der Waals surface area contributed by atoms with E-state index in [1.165, 1.54) is 49.8 Å². The van der Waals surface area contributed by atoms with E-state index < -0.39 is 0 Å². The van der Waals surface area contributed by atoms with Crippen molar-refractivity contribution in [1.29, 1.82) is 0 Å². The maximum Gasteiger partial charge on any atom is 0.223 e. The quantitative estimate of drug-likeness (QED) is 0.683. The van der Waals surface area contributed by atoms with Crippen LogP contribution in [0.2, 0.25) is 0 Å². The molecule has 32 heavy (non-hydrogen) atoms. The van der Waals surface area contributed by atoms with Gasteiger partial charge in [0, 0.05) is 32.6 Å². The Morgan fingerprint density at radius 1 is 1.25 bits per heavy atom. The molecule has 1 fully saturated rings. The van der Waals surface area contributed by atoms with Crippen LogP contribution < -0.4 is 4.90 Å². The molecule has 0 spiro atoms. The van der Waals surface area contributed by atoms with Gasteiger partial charge in [-0.25, -0.2) is 4.39 Å². The molecule has 1 aromatic carbocycles. The van der Waals surface area contributed by atoms with E-state index >= 15 is 0 Å². The van der Waals surface area contributed by atoms with Gasteiger partial charge in [-0.15, -0.1) is 0 Å². The number of carbonyl (C=O) groups is 1. The van der Waals surface area contributed by atoms with Gasteiger partial charge in [-0.2, -0.15) is 5.10 Å². The molecule has 4 rings (SSSR count). The molecular weight excluding hydrogens is 407 g/mol. The predicted octanol–water partition coefficient (Wildman–Crippen LogP) is 4.68. The van der Waals surface area contributed by atoms with E-state index in [1.54, 1.807) is 12.1 Å². The van der Waals surface area contributed by atoms with Crippen molar-refractivity contribution in [2.45, 2.75) is 58.0 Å². The zero-order valence-electron chi connectivity index (χ0n) is 19.3. The third-order valence-electron chi connectivity index (χ3n) is 6.33. The molecule has 1 saturated carbocycles. The maximum atomic E-state index is 13.3. The average molecular weight is 443 g/mol. The summed E-state index contributed by atoms with van der Waals surface area (Å²) >= 11 is 0. The molecule has 6 nitrogen and oxygen atoms in total. The number of aliphatic hydroxyl groups is 1. The Morgan fingerprint density at radius 3 is 2.53 bits per heavy atom. The minimum atomic E-state index is -0.232. The number of aromatic nitrogens is 2. The van der Waals surface area contributed by atoms with Gasteiger partial charge < -0.3 is 14.9 Å². The van der Waals surface area contributed by atoms with Gasteiger partial charge in [-0.05, 0) is 42.9 Å². The predicted molar refractivity (Wildman–Crippen MR) is 125 cm³/mol. The lowest BCUT2D eigenvalue weighted by molar-refractivity contribution is -0.133. The van der Waals surface area contributed by atoms with Crippen molar-refractivity contribution in [3.05, 3.63) is 59.7 Å². The summed E-state index contributed by atoms with van der Waals surface area (Å²) in [6.45, 7) is 4.88. The third-order valence-corrected chi connectivity index (χ3v) is 6.33. The summed E-state index contributed by atoms with van der Waals surface area (Å²) in [4.78, 5) is 17.0. The van der Waals surface area contributed by atoms with Crippen LogP contribution in [0.5, 0.6) is 0 Å². The van der Waals surface area contributed by atoms with Crippen LogP contribution in [-0.4, -0.2) is 46.3 Å². The lowest BCUT2D eigenvalue weighted by atomic mass is 9.86. The molecule has 7 heteroatoms. The number of aliphatic hydroxyl groups excluding tert-OH is 1. The molecule has 0 radical (unpaired) electrons. The maximum absolute atomic E-state index is 13.3. The largest absolute Gasteiger partial charge is 0.516 e. The first kappa shape index (κ1) is 23.8. The Kier molecular flexibility index (Phi) is 8.31. The topological polar surface area (TPSA) is 61.6 Å². The first-order chi connectivity index (χ1) is 15.4. The Labute approximate surface area is 190 Å². The van der Waals surface area contributed by atoms with Crippen LogP contribution >= 0.6 is 0 Å². The number of nitrogens with zero attached hydrogens (tertiary/aromatic N) is 4. The summed E-state index contributed by atoms with van der Waals surface area (Å²) in [5.41, 5.74) is 3.35. The van der Waals surface area contributed by atoms with Gasteiger partial charge in [-0.1, -0.05) is 38.0 Å². The number of amides is 1. The zero-order chi connectivity index (χ0) is 23.1. The van der Waals surface area contributed by atoms with E-state index in [4.69, 9.17) is 10.2 Å². The van der Waals surface area contributed by atoms with Crippen molar-refractivity contribution in [2.24, 2.45) is 5.92 Å². The Morgan fingerprint density at radius 2 is 1.91 bits per heavy atom. The van der Waals surface area contributed by atoms with Gasteiger partial charge in [0.25, 0.3) is 0 Å². The van der Waals surface area contributed by atoms with E-state index in [9.17, 15) is 9.18 Å². The highest BCUT2D eigenvalue weighted by molar-refractivity contribution is 5.77. The lowest BCUT2D eigenvalue weighted by Crippen LogP contribution is -2.38. The van der Waals surface area contributed by atoms with Gasteiger partial charge in [-0.3, -0.25) is 9.48 Å². The molecule has 2 aliphatic rings. The molecule has 0 saturated heterocycles. The second-order valence-electron chi connectivity index (χ2n) is 8.88. The van der Waals surface area contributed by atoms with Crippen LogP contribution in [-0.2, 0) is 24.3 Å². The second kappa shape index (κ2) is 11.2. The highest BCUT2D eigenvalue weighted by Crippen LogP contribution is 2.31. The summed E-state index contributed by atoms with van der Waals surface area (Å²) in [5, 5.41) is 12.2. The van der Waals surface area contributed by atoms with Crippen molar-refractivity contribution < 1.29 is 14.3 Å². The Bertz CT molecular complexity index is 901. The number of anilines is 1. The fraction of sp³-hybridized carbons (Fsp3) is 0.520. The standard InChI is InChI=1S/C23H31FN4O.C2H4O/c1-26(2)23-20-12-13-27(22(29)14-17-6-4-3-5-7-17)16-21(20)28(25-23)15-18-8-10-19(24)11-9-18;1-2-3/h8-11,17H,3-7,12-16H2,1-2H3;2-3H,1H2. The summed E-state index contributed by atoms with van der Waals surface area (Å²) in [6, 6.07) is 6.57. The van der Waals surface area contributed by atoms with E-state index in [0.717, 1.165) is 36.3 Å². The average Bonchev–Trinajstić information content (AvgIpc) is 3.14. The molecule has 0 unspecified atom stereocenters. The van der Waals surface area contributed by atoms with E-state index in [-0.39, 0.29) is 11.7 Å². The molecular formula is C25H35FN4O2. The number of rotatable bonds is 5. The van der Waals surface area contributed by atoms with Gasteiger partial charge >= 0.3 is 0 Å². The summed E-state index contributed by atoms with van der Waals surface area (Å²) in [7, 11) is 4.01. The molecule has 0 bridgehead atoms. The van der Waals surface area contributed by atoms with Crippen molar-refractivity contribution in [3.8, 4) is 0 Å². The lowest BCUT2D eigenvalue weighted by Gasteiger charge is -2.30. The minimum absolute atomic E-state index is 0.232. The zero-order valence-corrected chi connectivity index (χ0v) is 19.3. The van der Waals surface area contributed by atoms with Crippen molar-refractivity contribution in [3.63, 3.8) is 0 Å². The normalized spacial score (nSPS) is 16.0. The number of hydrogen-bond acceptors (Lipinski definition) is 4. The highest BCUT2D eigenvalue weighted by Gasteiger charge is 2.29. The number of fused-ring (bicyclic) bond motifs is 1. The molecule has 1 aliphatic heterocycles. The summed E-state index contributed by atoms with van der Waals surface area (Å²) in [5.74, 6) is 1.58. The minimum Gasteiger partial charge on any atom is -0.516 e. The van der Waals surface area contributed by atoms with Gasteiger partial charge in [0.15, 0.2) is 5.82 Å². The van der Waals surface area contributed by atoms with Crippen LogP contribution in [0.15, 0.2) is 37.1 Å². The molecule has 1 N–H and O–H groups in total. The van der Waals surface area contributed by atoms with Gasteiger partial charge in [0.1, 0.15) is 5.82 Å². The number of hydrogen-bond donors (Lipinski definition) is 1. The van der Waals surface area contributed by atoms with E-state index in [1.807, 2.05) is 28.6 Å². The number of benzene rings is 1. The van der Waals surface area contributed by atoms with Crippen molar-refractivity contribution in [1.82, 2.24) is 14.7 Å². The van der Waals surface area contributed by atoms with E-state index in [0.29, 0.717) is 25.4 Å². The monoisotopic (exact) mass is 442 g/mol. The van der Waals surface area contributed by atoms with Crippen LogP contribution in [0, 0.1) is 11.7 Å². The third kappa shape index (κ3) is 5.90. The Balaban J connectivity index is 0.000000913. The van der Waals surface area contributed by atoms with Crippen LogP contribution in [0.3, 0.4) is 0 Å². The molecule has 2 aromatic rings. The van der Waals surface area contributed by atoms with E-state index in [2.05, 4.69) is 6.58 Å². The van der Waals surface area contributed by atoms with Crippen LogP contribution in [0.4, 0.5) is 10.2 Å². The molecule has 1 amide bonds.